The van der Waals surface area contributed by atoms with Crippen molar-refractivity contribution in [3.63, 3.8) is 0 Å². The summed E-state index contributed by atoms with van der Waals surface area (Å²) in [6.45, 7) is 11.0. The van der Waals surface area contributed by atoms with Gasteiger partial charge < -0.3 is 15.4 Å². The third kappa shape index (κ3) is 6.21. The number of sulfonamides is 1. The first-order valence-corrected chi connectivity index (χ1v) is 13.7. The Morgan fingerprint density at radius 2 is 1.82 bits per heavy atom. The average molecular weight is 474 g/mol. The first-order valence-electron chi connectivity index (χ1n) is 12.3. The summed E-state index contributed by atoms with van der Waals surface area (Å²) in [5.41, 5.74) is 7.88. The van der Waals surface area contributed by atoms with Crippen LogP contribution in [0.15, 0.2) is 47.9 Å². The zero-order valence-corrected chi connectivity index (χ0v) is 20.9. The Balaban J connectivity index is 2.18. The van der Waals surface area contributed by atoms with Crippen molar-refractivity contribution in [2.45, 2.75) is 69.8 Å². The van der Waals surface area contributed by atoms with Gasteiger partial charge in [0.05, 0.1) is 5.69 Å². The van der Waals surface area contributed by atoms with E-state index < -0.39 is 10.0 Å². The second kappa shape index (κ2) is 11.7. The van der Waals surface area contributed by atoms with Crippen LogP contribution in [-0.2, 0) is 10.0 Å². The maximum absolute atomic E-state index is 13.8. The van der Waals surface area contributed by atoms with Crippen molar-refractivity contribution in [3.05, 3.63) is 48.6 Å². The van der Waals surface area contributed by atoms with Crippen molar-refractivity contribution < 1.29 is 13.2 Å². The van der Waals surface area contributed by atoms with Crippen molar-refractivity contribution >= 4 is 21.4 Å². The van der Waals surface area contributed by atoms with Gasteiger partial charge in [-0.3, -0.25) is 0 Å². The molecule has 2 N–H and O–H groups in total. The summed E-state index contributed by atoms with van der Waals surface area (Å²) in [6.07, 6.45) is 14.3. The second-order valence-corrected chi connectivity index (χ2v) is 10.8. The van der Waals surface area contributed by atoms with Gasteiger partial charge in [-0.2, -0.15) is 4.31 Å². The van der Waals surface area contributed by atoms with E-state index >= 15 is 0 Å². The molecule has 0 amide bonds. The largest absolute Gasteiger partial charge is 0.482 e. The highest BCUT2D eigenvalue weighted by molar-refractivity contribution is 7.89. The van der Waals surface area contributed by atoms with Crippen molar-refractivity contribution in [1.82, 2.24) is 4.31 Å². The lowest BCUT2D eigenvalue weighted by Crippen LogP contribution is -2.31. The molecular weight excluding hydrogens is 434 g/mol. The first-order chi connectivity index (χ1) is 15.9. The molecule has 3 rings (SSSR count). The van der Waals surface area contributed by atoms with E-state index in [0.29, 0.717) is 36.5 Å². The number of nitrogens with zero attached hydrogens (tertiary/aromatic N) is 2. The van der Waals surface area contributed by atoms with Gasteiger partial charge >= 0.3 is 0 Å². The summed E-state index contributed by atoms with van der Waals surface area (Å²) in [6, 6.07) is 3.60. The molecule has 0 aromatic heterocycles. The van der Waals surface area contributed by atoms with Gasteiger partial charge in [-0.1, -0.05) is 51.5 Å². The molecule has 33 heavy (non-hydrogen) atoms. The number of allylic oxidation sites excluding steroid dienone is 2. The fraction of sp³-hybridized carbons (Fsp3) is 0.538. The van der Waals surface area contributed by atoms with Crippen molar-refractivity contribution in [3.8, 4) is 5.75 Å². The number of ether oxygens (including phenoxy) is 1. The molecule has 1 heterocycles. The molecule has 0 radical (unpaired) electrons. The number of unbranched alkanes of at least 4 members (excludes halogenated alkanes) is 2. The summed E-state index contributed by atoms with van der Waals surface area (Å²) in [5.74, 6) is 0.434. The molecule has 1 unspecified atom stereocenters. The van der Waals surface area contributed by atoms with E-state index in [1.807, 2.05) is 30.4 Å². The minimum atomic E-state index is -3.73. The molecule has 0 bridgehead atoms. The number of benzene rings is 1. The second-order valence-electron chi connectivity index (χ2n) is 8.86. The number of hydrogen-bond donors (Lipinski definition) is 1. The van der Waals surface area contributed by atoms with Gasteiger partial charge in [-0.15, -0.1) is 0 Å². The van der Waals surface area contributed by atoms with Crippen LogP contribution in [0.2, 0.25) is 0 Å². The van der Waals surface area contributed by atoms with Crippen molar-refractivity contribution in [1.29, 1.82) is 0 Å². The molecule has 1 saturated heterocycles. The number of nitrogens with two attached hydrogens (primary N) is 1. The number of anilines is 1. The van der Waals surface area contributed by atoms with Gasteiger partial charge in [0.1, 0.15) is 11.0 Å². The highest BCUT2D eigenvalue weighted by atomic mass is 32.2. The molecule has 6 nitrogen and oxygen atoms in total. The molecule has 1 aromatic rings. The predicted octanol–water partition coefficient (Wildman–Crippen LogP) is 5.07. The third-order valence-corrected chi connectivity index (χ3v) is 8.11. The van der Waals surface area contributed by atoms with Gasteiger partial charge in [0, 0.05) is 43.9 Å². The lowest BCUT2D eigenvalue weighted by Gasteiger charge is -2.31. The Hall–Kier alpha value is -2.25. The Labute approximate surface area is 199 Å². The van der Waals surface area contributed by atoms with Crippen LogP contribution in [0.25, 0.3) is 5.70 Å². The zero-order valence-electron chi connectivity index (χ0n) is 20.1. The minimum absolute atomic E-state index is 0.199. The molecule has 1 aliphatic heterocycles. The average Bonchev–Trinajstić information content (AvgIpc) is 3.36. The van der Waals surface area contributed by atoms with E-state index in [2.05, 4.69) is 25.3 Å². The molecule has 182 valence electrons. The first kappa shape index (κ1) is 25.4. The summed E-state index contributed by atoms with van der Waals surface area (Å²) >= 11 is 0. The lowest BCUT2D eigenvalue weighted by molar-refractivity contribution is 0.245. The monoisotopic (exact) mass is 473 g/mol. The SMILES string of the molecule is C=C(N)c1cc(N(CCCC)CCCC)c(OC2C=CC=CC2)c(S(=O)(=O)N2CCCC2)c1. The lowest BCUT2D eigenvalue weighted by atomic mass is 10.1. The Morgan fingerprint density at radius 3 is 2.36 bits per heavy atom. The maximum atomic E-state index is 13.8. The summed E-state index contributed by atoms with van der Waals surface area (Å²) < 4.78 is 35.7. The summed E-state index contributed by atoms with van der Waals surface area (Å²) in [7, 11) is -3.73. The van der Waals surface area contributed by atoms with Gasteiger partial charge in [-0.05, 0) is 43.9 Å². The van der Waals surface area contributed by atoms with Crippen LogP contribution in [0.5, 0.6) is 5.75 Å². The van der Waals surface area contributed by atoms with Crippen molar-refractivity contribution in [2.75, 3.05) is 31.1 Å². The maximum Gasteiger partial charge on any atom is 0.246 e. The molecule has 0 spiro atoms. The van der Waals surface area contributed by atoms with Crippen LogP contribution in [0, 0.1) is 0 Å². The fourth-order valence-electron chi connectivity index (χ4n) is 4.23. The molecule has 1 fully saturated rings. The normalized spacial score (nSPS) is 18.5. The van der Waals surface area contributed by atoms with Gasteiger partial charge in [-0.25, -0.2) is 8.42 Å². The van der Waals surface area contributed by atoms with Crippen LogP contribution in [-0.4, -0.2) is 45.0 Å². The molecule has 1 aromatic carbocycles. The van der Waals surface area contributed by atoms with Crippen molar-refractivity contribution in [2.24, 2.45) is 5.73 Å². The van der Waals surface area contributed by atoms with E-state index in [9.17, 15) is 8.42 Å². The summed E-state index contributed by atoms with van der Waals surface area (Å²) in [5, 5.41) is 0. The molecule has 7 heteroatoms. The van der Waals surface area contributed by atoms with E-state index in [-0.39, 0.29) is 11.0 Å². The zero-order chi connectivity index (χ0) is 23.8. The smallest absolute Gasteiger partial charge is 0.246 e. The Bertz CT molecular complexity index is 971. The third-order valence-electron chi connectivity index (χ3n) is 6.20. The van der Waals surface area contributed by atoms with Gasteiger partial charge in [0.25, 0.3) is 0 Å². The highest BCUT2D eigenvalue weighted by Crippen LogP contribution is 2.41. The molecule has 2 aliphatic rings. The quantitative estimate of drug-likeness (QED) is 0.459. The van der Waals surface area contributed by atoms with Crippen LogP contribution in [0.4, 0.5) is 5.69 Å². The van der Waals surface area contributed by atoms with E-state index in [4.69, 9.17) is 10.5 Å². The fourth-order valence-corrected chi connectivity index (χ4v) is 5.91. The van der Waals surface area contributed by atoms with Crippen LogP contribution in [0.1, 0.15) is 64.4 Å². The van der Waals surface area contributed by atoms with Crippen LogP contribution < -0.4 is 15.4 Å². The van der Waals surface area contributed by atoms with E-state index in [1.165, 1.54) is 0 Å². The summed E-state index contributed by atoms with van der Waals surface area (Å²) in [4.78, 5) is 2.46. The standard InChI is InChI=1S/C26H39N3O3S/c1-4-6-15-28(16-7-5-2)24-19-22(21(3)27)20-25(33(30,31)29-17-11-12-18-29)26(24)32-23-13-9-8-10-14-23/h8-10,13,19-20,23H,3-7,11-12,14-18,27H2,1-2H3. The van der Waals surface area contributed by atoms with E-state index in [1.54, 1.807) is 10.4 Å². The Kier molecular flexibility index (Phi) is 9.03. The number of rotatable bonds is 12. The van der Waals surface area contributed by atoms with E-state index in [0.717, 1.165) is 57.3 Å². The number of hydrogen-bond acceptors (Lipinski definition) is 5. The minimum Gasteiger partial charge on any atom is -0.482 e. The Morgan fingerprint density at radius 1 is 1.15 bits per heavy atom. The predicted molar refractivity (Wildman–Crippen MR) is 137 cm³/mol. The topological polar surface area (TPSA) is 75.9 Å². The molecule has 1 aliphatic carbocycles. The molecule has 0 saturated carbocycles. The van der Waals surface area contributed by atoms with Crippen LogP contribution in [0.3, 0.4) is 0 Å². The highest BCUT2D eigenvalue weighted by Gasteiger charge is 2.33. The molecule has 1 atom stereocenters. The van der Waals surface area contributed by atoms with Gasteiger partial charge in [0.2, 0.25) is 10.0 Å². The molecular formula is C26H39N3O3S. The van der Waals surface area contributed by atoms with Gasteiger partial charge in [0.15, 0.2) is 5.75 Å². The van der Waals surface area contributed by atoms with Crippen LogP contribution >= 0.6 is 0 Å².